The van der Waals surface area contributed by atoms with Crippen molar-refractivity contribution in [2.75, 3.05) is 19.6 Å². The van der Waals surface area contributed by atoms with E-state index in [0.717, 1.165) is 26.1 Å². The second kappa shape index (κ2) is 9.25. The van der Waals surface area contributed by atoms with Gasteiger partial charge in [-0.1, -0.05) is 13.8 Å². The lowest BCUT2D eigenvalue weighted by atomic mass is 10.1. The monoisotopic (exact) mass is 290 g/mol. The third-order valence-corrected chi connectivity index (χ3v) is 3.21. The third kappa shape index (κ3) is 7.01. The summed E-state index contributed by atoms with van der Waals surface area (Å²) in [4.78, 5) is 14.2. The summed E-state index contributed by atoms with van der Waals surface area (Å²) >= 11 is 0. The van der Waals surface area contributed by atoms with E-state index in [1.807, 2.05) is 0 Å². The minimum absolute atomic E-state index is 0.0415. The Balaban J connectivity index is 2.40. The summed E-state index contributed by atoms with van der Waals surface area (Å²) in [5.41, 5.74) is 0.559. The predicted octanol–water partition coefficient (Wildman–Crippen LogP) is 3.66. The summed E-state index contributed by atoms with van der Waals surface area (Å²) in [5.74, 6) is 0.252. The Morgan fingerprint density at radius 2 is 1.95 bits per heavy atom. The number of hydrogen-bond acceptors (Lipinski definition) is 3. The van der Waals surface area contributed by atoms with Crippen molar-refractivity contribution in [3.63, 3.8) is 0 Å². The molecule has 0 aliphatic rings. The van der Waals surface area contributed by atoms with Gasteiger partial charge in [-0.05, 0) is 43.1 Å². The van der Waals surface area contributed by atoms with Crippen molar-refractivity contribution in [1.29, 1.82) is 5.26 Å². The predicted molar refractivity (Wildman–Crippen MR) is 81.5 cm³/mol. The first kappa shape index (κ1) is 17.3. The lowest BCUT2D eigenvalue weighted by Crippen LogP contribution is -2.30. The van der Waals surface area contributed by atoms with E-state index in [4.69, 9.17) is 5.26 Å². The highest BCUT2D eigenvalue weighted by atomic mass is 19.1. The largest absolute Gasteiger partial charge is 0.302 e. The Hall–Kier alpha value is -1.73. The molecule has 0 aliphatic carbocycles. The van der Waals surface area contributed by atoms with Gasteiger partial charge in [0.25, 0.3) is 0 Å². The standard InChI is InChI=1S/C17H23FN2O/c1-14(2)13-20(12-4-10-19)11-3-5-17(21)15-6-8-16(18)9-7-15/h6-9,14H,3-5,11-13H2,1-2H3. The summed E-state index contributed by atoms with van der Waals surface area (Å²) in [5, 5.41) is 8.67. The van der Waals surface area contributed by atoms with Gasteiger partial charge in [0.2, 0.25) is 0 Å². The second-order valence-corrected chi connectivity index (χ2v) is 5.64. The summed E-state index contributed by atoms with van der Waals surface area (Å²) < 4.78 is 12.8. The smallest absolute Gasteiger partial charge is 0.162 e. The van der Waals surface area contributed by atoms with Crippen LogP contribution in [0.25, 0.3) is 0 Å². The number of nitrogens with zero attached hydrogens (tertiary/aromatic N) is 2. The van der Waals surface area contributed by atoms with Crippen molar-refractivity contribution in [1.82, 2.24) is 4.90 Å². The maximum Gasteiger partial charge on any atom is 0.162 e. The zero-order valence-electron chi connectivity index (χ0n) is 12.8. The maximum atomic E-state index is 12.8. The highest BCUT2D eigenvalue weighted by molar-refractivity contribution is 5.95. The fraction of sp³-hybridized carbons (Fsp3) is 0.529. The van der Waals surface area contributed by atoms with E-state index < -0.39 is 0 Å². The number of rotatable bonds is 9. The number of nitriles is 1. The molecule has 0 saturated heterocycles. The van der Waals surface area contributed by atoms with E-state index in [1.165, 1.54) is 24.3 Å². The summed E-state index contributed by atoms with van der Waals surface area (Å²) in [6, 6.07) is 7.83. The summed E-state index contributed by atoms with van der Waals surface area (Å²) in [6.07, 6.45) is 1.72. The molecule has 114 valence electrons. The molecule has 21 heavy (non-hydrogen) atoms. The van der Waals surface area contributed by atoms with E-state index in [0.29, 0.717) is 24.3 Å². The van der Waals surface area contributed by atoms with Gasteiger partial charge < -0.3 is 4.90 Å². The van der Waals surface area contributed by atoms with Gasteiger partial charge in [-0.2, -0.15) is 5.26 Å². The highest BCUT2D eigenvalue weighted by Gasteiger charge is 2.10. The molecule has 0 unspecified atom stereocenters. The number of halogens is 1. The number of ketones is 1. The molecule has 0 aliphatic heterocycles. The van der Waals surface area contributed by atoms with Gasteiger partial charge in [-0.25, -0.2) is 4.39 Å². The molecule has 0 N–H and O–H groups in total. The summed E-state index contributed by atoms with van der Waals surface area (Å²) in [6.45, 7) is 6.78. The molecule has 0 radical (unpaired) electrons. The van der Waals surface area contributed by atoms with Crippen molar-refractivity contribution in [2.24, 2.45) is 5.92 Å². The van der Waals surface area contributed by atoms with Crippen LogP contribution in [-0.4, -0.2) is 30.3 Å². The minimum Gasteiger partial charge on any atom is -0.302 e. The van der Waals surface area contributed by atoms with E-state index in [-0.39, 0.29) is 11.6 Å². The average molecular weight is 290 g/mol. The van der Waals surface area contributed by atoms with E-state index in [1.54, 1.807) is 0 Å². The molecule has 0 aromatic heterocycles. The van der Waals surface area contributed by atoms with Gasteiger partial charge in [0, 0.05) is 31.5 Å². The van der Waals surface area contributed by atoms with Crippen molar-refractivity contribution >= 4 is 5.78 Å². The van der Waals surface area contributed by atoms with Crippen LogP contribution in [0.5, 0.6) is 0 Å². The Kier molecular flexibility index (Phi) is 7.63. The van der Waals surface area contributed by atoms with Crippen molar-refractivity contribution in [2.45, 2.75) is 33.1 Å². The van der Waals surface area contributed by atoms with Crippen LogP contribution in [0.3, 0.4) is 0 Å². The number of hydrogen-bond donors (Lipinski definition) is 0. The van der Waals surface area contributed by atoms with E-state index in [2.05, 4.69) is 24.8 Å². The first-order chi connectivity index (χ1) is 10.0. The number of carbonyl (C=O) groups excluding carboxylic acids is 1. The van der Waals surface area contributed by atoms with Crippen LogP contribution in [0.2, 0.25) is 0 Å². The van der Waals surface area contributed by atoms with Crippen molar-refractivity contribution < 1.29 is 9.18 Å². The lowest BCUT2D eigenvalue weighted by molar-refractivity contribution is 0.0974. The van der Waals surface area contributed by atoms with Gasteiger partial charge in [0.05, 0.1) is 6.07 Å². The van der Waals surface area contributed by atoms with E-state index in [9.17, 15) is 9.18 Å². The molecule has 0 saturated carbocycles. The zero-order chi connectivity index (χ0) is 15.7. The molecular formula is C17H23FN2O. The van der Waals surface area contributed by atoms with Crippen LogP contribution in [-0.2, 0) is 0 Å². The van der Waals surface area contributed by atoms with Crippen LogP contribution >= 0.6 is 0 Å². The molecule has 0 heterocycles. The van der Waals surface area contributed by atoms with E-state index >= 15 is 0 Å². The Labute approximate surface area is 126 Å². The molecule has 0 atom stereocenters. The number of benzene rings is 1. The van der Waals surface area contributed by atoms with Crippen LogP contribution in [0.4, 0.5) is 4.39 Å². The molecule has 4 heteroatoms. The lowest BCUT2D eigenvalue weighted by Gasteiger charge is -2.22. The zero-order valence-corrected chi connectivity index (χ0v) is 12.8. The molecule has 1 aromatic carbocycles. The fourth-order valence-corrected chi connectivity index (χ4v) is 2.26. The van der Waals surface area contributed by atoms with Gasteiger partial charge >= 0.3 is 0 Å². The minimum atomic E-state index is -0.328. The van der Waals surface area contributed by atoms with Gasteiger partial charge in [-0.15, -0.1) is 0 Å². The first-order valence-electron chi connectivity index (χ1n) is 7.41. The maximum absolute atomic E-state index is 12.8. The molecule has 1 rings (SSSR count). The van der Waals surface area contributed by atoms with Gasteiger partial charge in [0.1, 0.15) is 5.82 Å². The first-order valence-corrected chi connectivity index (χ1v) is 7.41. The molecule has 0 spiro atoms. The third-order valence-electron chi connectivity index (χ3n) is 3.21. The van der Waals surface area contributed by atoms with Crippen LogP contribution in [0.15, 0.2) is 24.3 Å². The topological polar surface area (TPSA) is 44.1 Å². The molecule has 0 fully saturated rings. The normalized spacial score (nSPS) is 10.9. The van der Waals surface area contributed by atoms with Crippen LogP contribution in [0.1, 0.15) is 43.5 Å². The average Bonchev–Trinajstić information content (AvgIpc) is 2.44. The van der Waals surface area contributed by atoms with Gasteiger partial charge in [-0.3, -0.25) is 4.79 Å². The molecule has 0 amide bonds. The van der Waals surface area contributed by atoms with Crippen molar-refractivity contribution in [3.8, 4) is 6.07 Å². The fourth-order valence-electron chi connectivity index (χ4n) is 2.26. The quantitative estimate of drug-likeness (QED) is 0.652. The Bertz CT molecular complexity index is 477. The summed E-state index contributed by atoms with van der Waals surface area (Å²) in [7, 11) is 0. The number of carbonyl (C=O) groups is 1. The van der Waals surface area contributed by atoms with Gasteiger partial charge in [0.15, 0.2) is 5.78 Å². The van der Waals surface area contributed by atoms with Crippen LogP contribution < -0.4 is 0 Å². The molecule has 0 bridgehead atoms. The molecular weight excluding hydrogens is 267 g/mol. The molecule has 1 aromatic rings. The highest BCUT2D eigenvalue weighted by Crippen LogP contribution is 2.09. The SMILES string of the molecule is CC(C)CN(CCC#N)CCCC(=O)c1ccc(F)cc1. The number of Topliss-reactive ketones (excluding diaryl/α,β-unsaturated/α-hetero) is 1. The Morgan fingerprint density at radius 1 is 1.29 bits per heavy atom. The molecule has 3 nitrogen and oxygen atoms in total. The second-order valence-electron chi connectivity index (χ2n) is 5.64. The van der Waals surface area contributed by atoms with Crippen molar-refractivity contribution in [3.05, 3.63) is 35.6 Å². The van der Waals surface area contributed by atoms with Crippen LogP contribution in [0, 0.1) is 23.1 Å². The Morgan fingerprint density at radius 3 is 2.52 bits per heavy atom.